The summed E-state index contributed by atoms with van der Waals surface area (Å²) >= 11 is 1.66. The summed E-state index contributed by atoms with van der Waals surface area (Å²) in [5.74, 6) is -1.10. The average molecular weight is 290 g/mol. The van der Waals surface area contributed by atoms with Crippen LogP contribution in [0.3, 0.4) is 0 Å². The predicted molar refractivity (Wildman–Crippen MR) is 78.2 cm³/mol. The summed E-state index contributed by atoms with van der Waals surface area (Å²) in [7, 11) is 1.65. The van der Waals surface area contributed by atoms with Gasteiger partial charge < -0.3 is 4.90 Å². The molecule has 0 saturated carbocycles. The van der Waals surface area contributed by atoms with Gasteiger partial charge in [0, 0.05) is 24.7 Å². The van der Waals surface area contributed by atoms with Gasteiger partial charge in [-0.15, -0.1) is 11.8 Å². The highest BCUT2D eigenvalue weighted by Gasteiger charge is 2.16. The van der Waals surface area contributed by atoms with Crippen LogP contribution in [0.1, 0.15) is 15.9 Å². The first kappa shape index (κ1) is 14.5. The number of amides is 1. The van der Waals surface area contributed by atoms with Crippen LogP contribution in [-0.2, 0) is 6.54 Å². The first-order valence-corrected chi connectivity index (χ1v) is 7.33. The summed E-state index contributed by atoms with van der Waals surface area (Å²) in [6.45, 7) is 0.432. The highest BCUT2D eigenvalue weighted by molar-refractivity contribution is 7.98. The van der Waals surface area contributed by atoms with Crippen LogP contribution in [0.2, 0.25) is 0 Å². The zero-order chi connectivity index (χ0) is 14.5. The number of rotatable bonds is 4. The number of carbonyl (C=O) groups excluding carboxylic acids is 1. The third-order valence-electron chi connectivity index (χ3n) is 2.91. The van der Waals surface area contributed by atoms with E-state index in [2.05, 4.69) is 4.98 Å². The van der Waals surface area contributed by atoms with Crippen LogP contribution in [0.25, 0.3) is 0 Å². The highest BCUT2D eigenvalue weighted by atomic mass is 32.2. The predicted octanol–water partition coefficient (Wildman–Crippen LogP) is 3.21. The Morgan fingerprint density at radius 1 is 1.30 bits per heavy atom. The van der Waals surface area contributed by atoms with E-state index in [1.54, 1.807) is 24.9 Å². The maximum atomic E-state index is 13.5. The van der Waals surface area contributed by atoms with Crippen molar-refractivity contribution in [1.29, 1.82) is 0 Å². The number of thioether (sulfide) groups is 1. The van der Waals surface area contributed by atoms with Gasteiger partial charge in [0.1, 0.15) is 0 Å². The number of hydrogen-bond donors (Lipinski definition) is 0. The Hall–Kier alpha value is -1.88. The minimum Gasteiger partial charge on any atom is -0.337 e. The molecule has 0 aliphatic carbocycles. The lowest BCUT2D eigenvalue weighted by Crippen LogP contribution is -2.27. The molecule has 104 valence electrons. The zero-order valence-corrected chi connectivity index (χ0v) is 12.2. The van der Waals surface area contributed by atoms with Crippen LogP contribution < -0.4 is 0 Å². The quantitative estimate of drug-likeness (QED) is 0.640. The molecule has 0 aliphatic heterocycles. The van der Waals surface area contributed by atoms with Crippen molar-refractivity contribution in [3.63, 3.8) is 0 Å². The Labute approximate surface area is 121 Å². The standard InChI is InChI=1S/C15H15FN2OS/c1-18(10-11-5-7-12(20-2)8-6-11)15(19)13-4-3-9-17-14(13)16/h3-9H,10H2,1-2H3. The highest BCUT2D eigenvalue weighted by Crippen LogP contribution is 2.16. The smallest absolute Gasteiger partial charge is 0.258 e. The topological polar surface area (TPSA) is 33.2 Å². The second-order valence-electron chi connectivity index (χ2n) is 4.35. The van der Waals surface area contributed by atoms with Gasteiger partial charge in [0.2, 0.25) is 5.95 Å². The number of pyridine rings is 1. The van der Waals surface area contributed by atoms with Gasteiger partial charge in [-0.2, -0.15) is 4.39 Å². The molecular formula is C15H15FN2OS. The molecule has 0 unspecified atom stereocenters. The van der Waals surface area contributed by atoms with Crippen molar-refractivity contribution < 1.29 is 9.18 Å². The lowest BCUT2D eigenvalue weighted by Gasteiger charge is -2.17. The minimum atomic E-state index is -0.734. The molecule has 20 heavy (non-hydrogen) atoms. The fourth-order valence-corrected chi connectivity index (χ4v) is 2.24. The minimum absolute atomic E-state index is 0.00395. The molecule has 0 N–H and O–H groups in total. The van der Waals surface area contributed by atoms with E-state index in [0.29, 0.717) is 6.54 Å². The van der Waals surface area contributed by atoms with Gasteiger partial charge in [-0.1, -0.05) is 12.1 Å². The van der Waals surface area contributed by atoms with E-state index in [-0.39, 0.29) is 11.5 Å². The monoisotopic (exact) mass is 290 g/mol. The fraction of sp³-hybridized carbons (Fsp3) is 0.200. The number of halogens is 1. The van der Waals surface area contributed by atoms with Crippen LogP contribution in [0.5, 0.6) is 0 Å². The van der Waals surface area contributed by atoms with Gasteiger partial charge in [-0.25, -0.2) is 4.98 Å². The molecule has 1 amide bonds. The Morgan fingerprint density at radius 3 is 2.60 bits per heavy atom. The molecule has 1 aromatic heterocycles. The zero-order valence-electron chi connectivity index (χ0n) is 11.3. The number of carbonyl (C=O) groups is 1. The normalized spacial score (nSPS) is 10.3. The molecule has 0 atom stereocenters. The Balaban J connectivity index is 2.09. The molecule has 2 aromatic rings. The van der Waals surface area contributed by atoms with E-state index >= 15 is 0 Å². The fourth-order valence-electron chi connectivity index (χ4n) is 1.83. The van der Waals surface area contributed by atoms with E-state index in [0.717, 1.165) is 5.56 Å². The van der Waals surface area contributed by atoms with Crippen molar-refractivity contribution in [1.82, 2.24) is 9.88 Å². The van der Waals surface area contributed by atoms with Crippen LogP contribution in [0, 0.1) is 5.95 Å². The molecule has 3 nitrogen and oxygen atoms in total. The van der Waals surface area contributed by atoms with Crippen molar-refractivity contribution >= 4 is 17.7 Å². The van der Waals surface area contributed by atoms with Gasteiger partial charge in [-0.3, -0.25) is 4.79 Å². The number of aromatic nitrogens is 1. The van der Waals surface area contributed by atoms with Crippen molar-refractivity contribution in [3.05, 3.63) is 59.7 Å². The average Bonchev–Trinajstić information content (AvgIpc) is 2.48. The second-order valence-corrected chi connectivity index (χ2v) is 5.23. The van der Waals surface area contributed by atoms with Crippen molar-refractivity contribution in [2.24, 2.45) is 0 Å². The van der Waals surface area contributed by atoms with Crippen molar-refractivity contribution in [2.75, 3.05) is 13.3 Å². The lowest BCUT2D eigenvalue weighted by atomic mass is 10.2. The van der Waals surface area contributed by atoms with Crippen molar-refractivity contribution in [3.8, 4) is 0 Å². The van der Waals surface area contributed by atoms with Gasteiger partial charge in [0.15, 0.2) is 0 Å². The maximum Gasteiger partial charge on any atom is 0.258 e. The van der Waals surface area contributed by atoms with Gasteiger partial charge in [0.05, 0.1) is 5.56 Å². The Bertz CT molecular complexity index is 601. The van der Waals surface area contributed by atoms with Crippen LogP contribution in [-0.4, -0.2) is 29.1 Å². The Morgan fingerprint density at radius 2 is 2.00 bits per heavy atom. The molecule has 0 spiro atoms. The molecule has 0 aliphatic rings. The van der Waals surface area contributed by atoms with E-state index in [9.17, 15) is 9.18 Å². The Kier molecular flexibility index (Phi) is 4.74. The van der Waals surface area contributed by atoms with Crippen LogP contribution in [0.4, 0.5) is 4.39 Å². The van der Waals surface area contributed by atoms with E-state index in [1.165, 1.54) is 22.1 Å². The molecule has 2 rings (SSSR count). The molecule has 1 aromatic carbocycles. The molecule has 0 bridgehead atoms. The maximum absolute atomic E-state index is 13.5. The first-order chi connectivity index (χ1) is 9.61. The molecule has 0 radical (unpaired) electrons. The third kappa shape index (κ3) is 3.36. The summed E-state index contributed by atoms with van der Waals surface area (Å²) in [6, 6.07) is 10.9. The summed E-state index contributed by atoms with van der Waals surface area (Å²) in [5.41, 5.74) is 0.999. The molecule has 0 saturated heterocycles. The summed E-state index contributed by atoms with van der Waals surface area (Å²) < 4.78 is 13.5. The third-order valence-corrected chi connectivity index (χ3v) is 3.66. The molecule has 5 heteroatoms. The van der Waals surface area contributed by atoms with Crippen LogP contribution in [0.15, 0.2) is 47.5 Å². The molecule has 0 fully saturated rings. The number of hydrogen-bond acceptors (Lipinski definition) is 3. The summed E-state index contributed by atoms with van der Waals surface area (Å²) in [6.07, 6.45) is 3.34. The van der Waals surface area contributed by atoms with Crippen LogP contribution >= 0.6 is 11.8 Å². The van der Waals surface area contributed by atoms with Gasteiger partial charge in [0.25, 0.3) is 5.91 Å². The second kappa shape index (κ2) is 6.52. The molecule has 1 heterocycles. The largest absolute Gasteiger partial charge is 0.337 e. The van der Waals surface area contributed by atoms with Gasteiger partial charge >= 0.3 is 0 Å². The van der Waals surface area contributed by atoms with Crippen molar-refractivity contribution in [2.45, 2.75) is 11.4 Å². The molecular weight excluding hydrogens is 275 g/mol. The van der Waals surface area contributed by atoms with E-state index in [4.69, 9.17) is 0 Å². The van der Waals surface area contributed by atoms with E-state index < -0.39 is 5.95 Å². The SMILES string of the molecule is CSc1ccc(CN(C)C(=O)c2cccnc2F)cc1. The van der Waals surface area contributed by atoms with E-state index in [1.807, 2.05) is 30.5 Å². The lowest BCUT2D eigenvalue weighted by molar-refractivity contribution is 0.0779. The number of benzene rings is 1. The number of nitrogens with zero attached hydrogens (tertiary/aromatic N) is 2. The summed E-state index contributed by atoms with van der Waals surface area (Å²) in [5, 5.41) is 0. The first-order valence-electron chi connectivity index (χ1n) is 6.10. The summed E-state index contributed by atoms with van der Waals surface area (Å²) in [4.78, 5) is 18.3. The van der Waals surface area contributed by atoms with Gasteiger partial charge in [-0.05, 0) is 36.1 Å².